The van der Waals surface area contributed by atoms with Crippen molar-refractivity contribution in [3.05, 3.63) is 71.8 Å². The minimum atomic E-state index is -1.97. The van der Waals surface area contributed by atoms with Crippen molar-refractivity contribution in [3.8, 4) is 0 Å². The van der Waals surface area contributed by atoms with Crippen LogP contribution in [0.25, 0.3) is 0 Å². The molecule has 0 aromatic heterocycles. The second-order valence-corrected chi connectivity index (χ2v) is 10.2. The maximum atomic E-state index is 7.97. The fourth-order valence-corrected chi connectivity index (χ4v) is 3.85. The Bertz CT molecular complexity index is 847. The van der Waals surface area contributed by atoms with Crippen LogP contribution in [0.5, 0.6) is 0 Å². The van der Waals surface area contributed by atoms with Gasteiger partial charge in [0.2, 0.25) is 12.2 Å². The summed E-state index contributed by atoms with van der Waals surface area (Å²) in [5.41, 5.74) is 2.15. The molecular weight excluding hydrogens is 473 g/mol. The van der Waals surface area contributed by atoms with E-state index in [9.17, 15) is 0 Å². The van der Waals surface area contributed by atoms with E-state index in [4.69, 9.17) is 59.2 Å². The minimum Gasteiger partial charge on any atom is -0.448 e. The molecule has 1 aliphatic rings. The number of rotatable bonds is 8. The average Bonchev–Trinajstić information content (AvgIpc) is 2.77. The summed E-state index contributed by atoms with van der Waals surface area (Å²) in [7, 11) is 0. The first-order valence-electron chi connectivity index (χ1n) is 10.5. The molecule has 1 aliphatic heterocycles. The summed E-state index contributed by atoms with van der Waals surface area (Å²) in [4.78, 5) is 0. The predicted octanol–water partition coefficient (Wildman–Crippen LogP) is 6.15. The molecule has 0 spiro atoms. The Morgan fingerprint density at radius 2 is 1.47 bits per heavy atom. The Balaban J connectivity index is 1.68. The zero-order chi connectivity index (χ0) is 23.1. The topological polar surface area (TPSA) is 60.8 Å². The van der Waals surface area contributed by atoms with Gasteiger partial charge in [-0.2, -0.15) is 0 Å². The van der Waals surface area contributed by atoms with Crippen molar-refractivity contribution in [2.45, 2.75) is 49.4 Å². The van der Waals surface area contributed by atoms with Gasteiger partial charge in [-0.3, -0.25) is 5.41 Å². The van der Waals surface area contributed by atoms with E-state index < -0.39 is 16.0 Å². The second-order valence-electron chi connectivity index (χ2n) is 7.97. The maximum absolute atomic E-state index is 7.97. The van der Waals surface area contributed by atoms with Crippen LogP contribution in [0.3, 0.4) is 0 Å². The molecule has 2 unspecified atom stereocenters. The van der Waals surface area contributed by atoms with Gasteiger partial charge in [-0.1, -0.05) is 109 Å². The van der Waals surface area contributed by atoms with Crippen molar-refractivity contribution in [2.75, 3.05) is 6.61 Å². The molecule has 3 rings (SSSR count). The molecule has 174 valence electrons. The summed E-state index contributed by atoms with van der Waals surface area (Å²) in [5.74, 6) is -0.669. The van der Waals surface area contributed by atoms with Gasteiger partial charge < -0.3 is 18.9 Å². The molecule has 1 fully saturated rings. The lowest BCUT2D eigenvalue weighted by atomic mass is 9.85. The highest BCUT2D eigenvalue weighted by Gasteiger charge is 2.45. The van der Waals surface area contributed by atoms with Crippen molar-refractivity contribution in [1.82, 2.24) is 0 Å². The smallest absolute Gasteiger partial charge is 0.265 e. The Morgan fingerprint density at radius 1 is 0.906 bits per heavy atom. The molecule has 0 saturated carbocycles. The van der Waals surface area contributed by atoms with E-state index in [-0.39, 0.29) is 24.0 Å². The number of halogens is 3. The molecule has 5 atom stereocenters. The monoisotopic (exact) mass is 499 g/mol. The summed E-state index contributed by atoms with van der Waals surface area (Å²) in [6, 6.07) is 19.9. The van der Waals surface area contributed by atoms with E-state index in [1.54, 1.807) is 0 Å². The lowest BCUT2D eigenvalue weighted by molar-refractivity contribution is -0.256. The first-order valence-corrected chi connectivity index (χ1v) is 11.6. The van der Waals surface area contributed by atoms with Crippen LogP contribution in [0.15, 0.2) is 60.7 Å². The van der Waals surface area contributed by atoms with Crippen LogP contribution in [0.4, 0.5) is 0 Å². The van der Waals surface area contributed by atoms with Gasteiger partial charge in [0.05, 0.1) is 32.0 Å². The molecule has 5 nitrogen and oxygen atoms in total. The Morgan fingerprint density at radius 3 is 2.03 bits per heavy atom. The number of benzene rings is 2. The molecule has 2 aromatic carbocycles. The largest absolute Gasteiger partial charge is 0.448 e. The molecule has 0 aliphatic carbocycles. The maximum Gasteiger partial charge on any atom is 0.265 e. The third-order valence-corrected chi connectivity index (χ3v) is 6.05. The Kier molecular flexibility index (Phi) is 9.23. The highest BCUT2D eigenvalue weighted by molar-refractivity contribution is 6.76. The highest BCUT2D eigenvalue weighted by atomic mass is 35.6. The van der Waals surface area contributed by atoms with Crippen molar-refractivity contribution in [3.63, 3.8) is 0 Å². The van der Waals surface area contributed by atoms with E-state index in [0.29, 0.717) is 19.8 Å². The van der Waals surface area contributed by atoms with Gasteiger partial charge in [0.25, 0.3) is 3.79 Å². The zero-order valence-corrected chi connectivity index (χ0v) is 20.3. The fourth-order valence-electron chi connectivity index (χ4n) is 3.71. The van der Waals surface area contributed by atoms with Gasteiger partial charge in [-0.05, 0) is 11.1 Å². The molecule has 0 radical (unpaired) electrons. The van der Waals surface area contributed by atoms with Gasteiger partial charge in [0.1, 0.15) is 0 Å². The number of hydrogen-bond donors (Lipinski definition) is 1. The summed E-state index contributed by atoms with van der Waals surface area (Å²) in [6.07, 6.45) is -1.33. The van der Waals surface area contributed by atoms with Crippen molar-refractivity contribution >= 4 is 40.7 Å². The lowest BCUT2D eigenvalue weighted by Gasteiger charge is -2.44. The summed E-state index contributed by atoms with van der Waals surface area (Å²) >= 11 is 17.4. The first kappa shape index (κ1) is 25.3. The minimum absolute atomic E-state index is 0.0197. The number of ether oxygens (including phenoxy) is 4. The molecular formula is C24H28Cl3NO4. The predicted molar refractivity (Wildman–Crippen MR) is 127 cm³/mol. The van der Waals surface area contributed by atoms with Crippen molar-refractivity contribution < 1.29 is 18.9 Å². The van der Waals surface area contributed by atoms with Crippen LogP contribution in [-0.2, 0) is 32.2 Å². The van der Waals surface area contributed by atoms with Crippen LogP contribution in [0.1, 0.15) is 25.0 Å². The third-order valence-electron chi connectivity index (χ3n) is 5.53. The van der Waals surface area contributed by atoms with Gasteiger partial charge in [-0.25, -0.2) is 0 Å². The van der Waals surface area contributed by atoms with Crippen LogP contribution in [-0.4, -0.2) is 34.8 Å². The van der Waals surface area contributed by atoms with Gasteiger partial charge >= 0.3 is 0 Å². The molecule has 2 aromatic rings. The molecule has 1 N–H and O–H groups in total. The normalized spacial score (nSPS) is 26.0. The number of nitrogens with one attached hydrogen (secondary N) is 1. The van der Waals surface area contributed by atoms with E-state index in [1.807, 2.05) is 67.6 Å². The molecule has 1 heterocycles. The number of hydrogen-bond acceptors (Lipinski definition) is 5. The SMILES string of the molecule is CC1[C@H](OC(=N)C(Cl)(Cl)Cl)OC(COCc2ccccc2)[C@H](C)[C@@H]1OCc1ccccc1. The Hall–Kier alpha value is -1.34. The van der Waals surface area contributed by atoms with Crippen molar-refractivity contribution in [1.29, 1.82) is 5.41 Å². The fraction of sp³-hybridized carbons (Fsp3) is 0.458. The van der Waals surface area contributed by atoms with Crippen LogP contribution in [0.2, 0.25) is 0 Å². The second kappa shape index (κ2) is 11.7. The van der Waals surface area contributed by atoms with E-state index in [2.05, 4.69) is 6.92 Å². The Labute approximate surface area is 204 Å². The van der Waals surface area contributed by atoms with Crippen LogP contribution >= 0.6 is 34.8 Å². The molecule has 8 heteroatoms. The van der Waals surface area contributed by atoms with Crippen molar-refractivity contribution in [2.24, 2.45) is 11.8 Å². The molecule has 1 saturated heterocycles. The summed E-state index contributed by atoms with van der Waals surface area (Å²) in [6.45, 7) is 5.28. The lowest BCUT2D eigenvalue weighted by Crippen LogP contribution is -2.53. The van der Waals surface area contributed by atoms with Crippen LogP contribution < -0.4 is 0 Å². The average molecular weight is 501 g/mol. The van der Waals surface area contributed by atoms with E-state index in [0.717, 1.165) is 11.1 Å². The third kappa shape index (κ3) is 7.08. The standard InChI is InChI=1S/C24H28Cl3NO4/c1-16-20(15-29-13-18-9-5-3-6-10-18)31-22(32-23(28)24(25,26)27)17(2)21(16)30-14-19-11-7-4-8-12-19/h3-12,16-17,20-22,28H,13-15H2,1-2H3/t16-,17?,20?,21-,22-/m0/s1. The quantitative estimate of drug-likeness (QED) is 0.268. The van der Waals surface area contributed by atoms with Gasteiger partial charge in [-0.15, -0.1) is 0 Å². The molecule has 0 amide bonds. The van der Waals surface area contributed by atoms with Crippen LogP contribution in [0, 0.1) is 17.2 Å². The van der Waals surface area contributed by atoms with Gasteiger partial charge in [0.15, 0.2) is 0 Å². The summed E-state index contributed by atoms with van der Waals surface area (Å²) in [5, 5.41) is 7.97. The molecule has 32 heavy (non-hydrogen) atoms. The van der Waals surface area contributed by atoms with Gasteiger partial charge in [0, 0.05) is 11.8 Å². The first-order chi connectivity index (χ1) is 15.3. The number of alkyl halides is 3. The highest BCUT2D eigenvalue weighted by Crippen LogP contribution is 2.36. The van der Waals surface area contributed by atoms with E-state index in [1.165, 1.54) is 0 Å². The summed E-state index contributed by atoms with van der Waals surface area (Å²) < 4.78 is 22.0. The molecule has 0 bridgehead atoms. The van der Waals surface area contributed by atoms with E-state index >= 15 is 0 Å². The zero-order valence-electron chi connectivity index (χ0n) is 18.0.